The lowest BCUT2D eigenvalue weighted by molar-refractivity contribution is -0.0281. The molecular formula is C50H40. The van der Waals surface area contributed by atoms with Gasteiger partial charge in [0.05, 0.1) is 0 Å². The fraction of sp³-hybridized carbons (Fsp3) is 0.200. The molecule has 4 aliphatic carbocycles. The van der Waals surface area contributed by atoms with Crippen molar-refractivity contribution in [1.82, 2.24) is 0 Å². The molecule has 0 radical (unpaired) electrons. The Balaban J connectivity index is 0.955. The summed E-state index contributed by atoms with van der Waals surface area (Å²) in [5.74, 6) is 15.0. The van der Waals surface area contributed by atoms with Crippen molar-refractivity contribution in [2.24, 2.45) is 11.8 Å². The van der Waals surface area contributed by atoms with E-state index >= 15 is 0 Å². The van der Waals surface area contributed by atoms with Crippen molar-refractivity contribution in [1.29, 1.82) is 0 Å². The maximum atomic E-state index is 3.36. The minimum atomic E-state index is 0.274. The van der Waals surface area contributed by atoms with Gasteiger partial charge in [-0.1, -0.05) is 133 Å². The van der Waals surface area contributed by atoms with Gasteiger partial charge in [0.25, 0.3) is 0 Å². The highest BCUT2D eigenvalue weighted by molar-refractivity contribution is 5.67. The van der Waals surface area contributed by atoms with Crippen molar-refractivity contribution in [3.8, 4) is 45.9 Å². The van der Waals surface area contributed by atoms with Crippen LogP contribution >= 0.6 is 0 Å². The molecule has 0 heterocycles. The Morgan fingerprint density at radius 1 is 0.360 bits per heavy atom. The molecular weight excluding hydrogens is 601 g/mol. The fourth-order valence-electron chi connectivity index (χ4n) is 9.86. The van der Waals surface area contributed by atoms with Crippen LogP contribution in [0, 0.1) is 35.5 Å². The van der Waals surface area contributed by atoms with E-state index in [1.807, 2.05) is 36.4 Å². The van der Waals surface area contributed by atoms with Crippen LogP contribution in [0.4, 0.5) is 0 Å². The van der Waals surface area contributed by atoms with Crippen molar-refractivity contribution < 1.29 is 0 Å². The first-order valence-electron chi connectivity index (χ1n) is 18.2. The molecule has 240 valence electrons. The zero-order valence-corrected chi connectivity index (χ0v) is 28.4. The lowest BCUT2D eigenvalue weighted by atomic mass is 9.41. The Morgan fingerprint density at radius 2 is 0.740 bits per heavy atom. The van der Waals surface area contributed by atoms with Crippen molar-refractivity contribution in [3.05, 3.63) is 191 Å². The molecule has 0 nitrogen and oxygen atoms in total. The monoisotopic (exact) mass is 640 g/mol. The van der Waals surface area contributed by atoms with Gasteiger partial charge in [0.15, 0.2) is 0 Å². The first kappa shape index (κ1) is 30.5. The normalized spacial score (nSPS) is 23.0. The molecule has 0 aromatic heterocycles. The summed E-state index contributed by atoms with van der Waals surface area (Å²) in [7, 11) is 0. The number of hydrogen-bond donors (Lipinski definition) is 0. The molecule has 0 saturated heterocycles. The van der Waals surface area contributed by atoms with E-state index in [2.05, 4.69) is 145 Å². The summed E-state index contributed by atoms with van der Waals surface area (Å²) in [5, 5.41) is 0. The molecule has 0 atom stereocenters. The SMILES string of the molecule is C(#Cc1cccc(-c2ccc(C34CC5CC(C3)CC(c3ccc(-c6cccc(C#Cc7ccccc7)c6)cc3)(C5)C4)cc2)c1)c1ccccc1. The van der Waals surface area contributed by atoms with E-state index in [4.69, 9.17) is 0 Å². The molecule has 0 heteroatoms. The number of benzene rings is 6. The lowest BCUT2D eigenvalue weighted by Gasteiger charge is -2.63. The highest BCUT2D eigenvalue weighted by Gasteiger charge is 2.58. The van der Waals surface area contributed by atoms with Gasteiger partial charge in [0.2, 0.25) is 0 Å². The molecule has 0 spiro atoms. The van der Waals surface area contributed by atoms with Gasteiger partial charge in [-0.3, -0.25) is 0 Å². The highest BCUT2D eigenvalue weighted by atomic mass is 14.6. The van der Waals surface area contributed by atoms with E-state index in [-0.39, 0.29) is 10.8 Å². The fourth-order valence-corrected chi connectivity index (χ4v) is 9.86. The summed E-state index contributed by atoms with van der Waals surface area (Å²) in [4.78, 5) is 0. The molecule has 0 amide bonds. The number of hydrogen-bond acceptors (Lipinski definition) is 0. The highest BCUT2D eigenvalue weighted by Crippen LogP contribution is 2.66. The van der Waals surface area contributed by atoms with E-state index in [1.54, 1.807) is 11.1 Å². The van der Waals surface area contributed by atoms with Gasteiger partial charge in [-0.2, -0.15) is 0 Å². The van der Waals surface area contributed by atoms with Crippen LogP contribution in [0.25, 0.3) is 22.3 Å². The molecule has 4 aliphatic rings. The van der Waals surface area contributed by atoms with Crippen LogP contribution in [0.2, 0.25) is 0 Å². The topological polar surface area (TPSA) is 0 Å². The quantitative estimate of drug-likeness (QED) is 0.168. The van der Waals surface area contributed by atoms with Crippen molar-refractivity contribution in [2.45, 2.75) is 49.4 Å². The second kappa shape index (κ2) is 12.7. The number of rotatable bonds is 4. The average Bonchev–Trinajstić information content (AvgIpc) is 3.17. The summed E-state index contributed by atoms with van der Waals surface area (Å²) in [6.45, 7) is 0. The van der Waals surface area contributed by atoms with Crippen molar-refractivity contribution >= 4 is 0 Å². The van der Waals surface area contributed by atoms with Crippen molar-refractivity contribution in [3.63, 3.8) is 0 Å². The minimum absolute atomic E-state index is 0.274. The molecule has 50 heavy (non-hydrogen) atoms. The van der Waals surface area contributed by atoms with E-state index < -0.39 is 0 Å². The van der Waals surface area contributed by atoms with Gasteiger partial charge in [0.1, 0.15) is 0 Å². The molecule has 4 saturated carbocycles. The summed E-state index contributed by atoms with van der Waals surface area (Å²) < 4.78 is 0. The maximum absolute atomic E-state index is 3.36. The third-order valence-corrected chi connectivity index (χ3v) is 11.7. The maximum Gasteiger partial charge on any atom is 0.0255 e. The average molecular weight is 641 g/mol. The van der Waals surface area contributed by atoms with E-state index in [0.29, 0.717) is 0 Å². The molecule has 6 aromatic rings. The molecule has 4 fully saturated rings. The Bertz CT molecular complexity index is 2090. The molecule has 0 N–H and O–H groups in total. The Morgan fingerprint density at radius 3 is 1.16 bits per heavy atom. The Hall–Kier alpha value is -5.56. The van der Waals surface area contributed by atoms with Gasteiger partial charge in [-0.15, -0.1) is 0 Å². The first-order chi connectivity index (χ1) is 24.6. The predicted octanol–water partition coefficient (Wildman–Crippen LogP) is 11.6. The summed E-state index contributed by atoms with van der Waals surface area (Å²) >= 11 is 0. The molecule has 4 bridgehead atoms. The van der Waals surface area contributed by atoms with Gasteiger partial charge >= 0.3 is 0 Å². The Kier molecular flexibility index (Phi) is 7.76. The van der Waals surface area contributed by atoms with Gasteiger partial charge in [-0.25, -0.2) is 0 Å². The smallest absolute Gasteiger partial charge is 0.0255 e. The van der Waals surface area contributed by atoms with Crippen LogP contribution in [-0.2, 0) is 10.8 Å². The lowest BCUT2D eigenvalue weighted by Crippen LogP contribution is -2.55. The molecule has 10 rings (SSSR count). The van der Waals surface area contributed by atoms with Crippen LogP contribution in [0.1, 0.15) is 71.9 Å². The Labute approximate surface area is 297 Å². The van der Waals surface area contributed by atoms with Gasteiger partial charge in [-0.05, 0) is 143 Å². The zero-order chi connectivity index (χ0) is 33.4. The van der Waals surface area contributed by atoms with Gasteiger partial charge < -0.3 is 0 Å². The molecule has 6 aromatic carbocycles. The van der Waals surface area contributed by atoms with Crippen LogP contribution < -0.4 is 0 Å². The van der Waals surface area contributed by atoms with Crippen LogP contribution in [0.3, 0.4) is 0 Å². The summed E-state index contributed by atoms with van der Waals surface area (Å²) in [6, 6.07) is 57.0. The standard InChI is InChI=1S/C50H40/c1-3-9-37(10-4-1)17-19-39-13-7-15-45(30-39)43-21-25-47(26-22-43)49-32-41-29-42(33-49)35-50(34-41,36-49)48-27-23-44(24-28-48)46-16-8-14-40(31-46)20-18-38-11-5-2-6-12-38/h1-16,21-28,30-31,41-42H,29,32-36H2. The summed E-state index contributed by atoms with van der Waals surface area (Å²) in [6.07, 6.45) is 8.02. The third-order valence-electron chi connectivity index (χ3n) is 11.7. The first-order valence-corrected chi connectivity index (χ1v) is 18.2. The van der Waals surface area contributed by atoms with E-state index in [0.717, 1.165) is 34.1 Å². The van der Waals surface area contributed by atoms with Crippen LogP contribution in [0.15, 0.2) is 158 Å². The zero-order valence-electron chi connectivity index (χ0n) is 28.4. The van der Waals surface area contributed by atoms with Crippen LogP contribution in [-0.4, -0.2) is 0 Å². The predicted molar refractivity (Wildman–Crippen MR) is 207 cm³/mol. The summed E-state index contributed by atoms with van der Waals surface area (Å²) in [5.41, 5.74) is 12.8. The largest absolute Gasteiger partial charge is 0.0622 e. The van der Waals surface area contributed by atoms with Gasteiger partial charge in [0, 0.05) is 22.3 Å². The van der Waals surface area contributed by atoms with E-state index in [9.17, 15) is 0 Å². The van der Waals surface area contributed by atoms with Crippen molar-refractivity contribution in [2.75, 3.05) is 0 Å². The van der Waals surface area contributed by atoms with E-state index in [1.165, 1.54) is 60.8 Å². The second-order valence-corrected chi connectivity index (χ2v) is 15.1. The minimum Gasteiger partial charge on any atom is -0.0622 e. The molecule has 0 unspecified atom stereocenters. The second-order valence-electron chi connectivity index (χ2n) is 15.1. The third kappa shape index (κ3) is 5.98. The van der Waals surface area contributed by atoms with Crippen LogP contribution in [0.5, 0.6) is 0 Å². The molecule has 0 aliphatic heterocycles.